The minimum atomic E-state index is 0.0727. The molecule has 0 aliphatic rings. The normalized spacial score (nSPS) is 12.2. The quantitative estimate of drug-likeness (QED) is 0.859. The van der Waals surface area contributed by atoms with Crippen LogP contribution in [0.25, 0.3) is 0 Å². The molecule has 1 atom stereocenters. The molecule has 0 aliphatic heterocycles. The summed E-state index contributed by atoms with van der Waals surface area (Å²) in [4.78, 5) is 3.96. The second-order valence-electron chi connectivity index (χ2n) is 4.06. The molecule has 1 heterocycles. The van der Waals surface area contributed by atoms with Crippen molar-refractivity contribution in [1.82, 2.24) is 15.5 Å². The van der Waals surface area contributed by atoms with Crippen molar-refractivity contribution < 1.29 is 14.0 Å². The molecule has 0 bridgehead atoms. The van der Waals surface area contributed by atoms with Gasteiger partial charge in [0.05, 0.1) is 20.8 Å². The number of nitrogens with one attached hydrogen (secondary N) is 1. The summed E-state index contributed by atoms with van der Waals surface area (Å²) in [5.74, 6) is 2.23. The van der Waals surface area contributed by atoms with Gasteiger partial charge in [0.2, 0.25) is 6.39 Å². The minimum absolute atomic E-state index is 0.0727. The molecular formula is C13H17N3O3. The molecule has 1 aromatic heterocycles. The highest BCUT2D eigenvalue weighted by molar-refractivity contribution is 5.42. The first-order valence-corrected chi connectivity index (χ1v) is 5.95. The zero-order valence-corrected chi connectivity index (χ0v) is 11.2. The molecule has 6 nitrogen and oxygen atoms in total. The Morgan fingerprint density at radius 3 is 2.79 bits per heavy atom. The number of benzene rings is 1. The van der Waals surface area contributed by atoms with Crippen LogP contribution in [0.1, 0.15) is 24.4 Å². The van der Waals surface area contributed by atoms with Crippen molar-refractivity contribution in [2.75, 3.05) is 14.2 Å². The lowest BCUT2D eigenvalue weighted by atomic mass is 10.1. The Hall–Kier alpha value is -2.08. The number of nitrogens with zero attached hydrogens (tertiary/aromatic N) is 2. The van der Waals surface area contributed by atoms with Crippen LogP contribution in [0.3, 0.4) is 0 Å². The number of hydrogen-bond acceptors (Lipinski definition) is 6. The van der Waals surface area contributed by atoms with Gasteiger partial charge in [0.1, 0.15) is 11.5 Å². The number of ether oxygens (including phenoxy) is 2. The van der Waals surface area contributed by atoms with Gasteiger partial charge in [0.25, 0.3) is 0 Å². The van der Waals surface area contributed by atoms with Crippen molar-refractivity contribution in [3.63, 3.8) is 0 Å². The fourth-order valence-electron chi connectivity index (χ4n) is 1.80. The fourth-order valence-corrected chi connectivity index (χ4v) is 1.80. The van der Waals surface area contributed by atoms with Crippen molar-refractivity contribution in [1.29, 1.82) is 0 Å². The smallest absolute Gasteiger partial charge is 0.213 e. The van der Waals surface area contributed by atoms with Crippen molar-refractivity contribution in [2.45, 2.75) is 19.5 Å². The summed E-state index contributed by atoms with van der Waals surface area (Å²) in [5, 5.41) is 7.06. The van der Waals surface area contributed by atoms with Gasteiger partial charge >= 0.3 is 0 Å². The molecule has 0 saturated heterocycles. The van der Waals surface area contributed by atoms with Crippen molar-refractivity contribution in [3.8, 4) is 11.5 Å². The van der Waals surface area contributed by atoms with Gasteiger partial charge in [-0.3, -0.25) is 0 Å². The van der Waals surface area contributed by atoms with Crippen LogP contribution in [-0.2, 0) is 6.54 Å². The zero-order valence-electron chi connectivity index (χ0n) is 11.2. The molecule has 0 saturated carbocycles. The number of aromatic nitrogens is 2. The van der Waals surface area contributed by atoms with Gasteiger partial charge in [-0.25, -0.2) is 0 Å². The van der Waals surface area contributed by atoms with Gasteiger partial charge in [-0.2, -0.15) is 4.98 Å². The van der Waals surface area contributed by atoms with Gasteiger partial charge in [0, 0.05) is 11.6 Å². The van der Waals surface area contributed by atoms with E-state index in [1.165, 1.54) is 6.39 Å². The Kier molecular flexibility index (Phi) is 4.35. The summed E-state index contributed by atoms with van der Waals surface area (Å²) in [6, 6.07) is 5.78. The van der Waals surface area contributed by atoms with Crippen LogP contribution in [-0.4, -0.2) is 24.4 Å². The highest BCUT2D eigenvalue weighted by Crippen LogP contribution is 2.29. The third-order valence-corrected chi connectivity index (χ3v) is 2.88. The molecular weight excluding hydrogens is 246 g/mol. The van der Waals surface area contributed by atoms with Gasteiger partial charge < -0.3 is 19.3 Å². The van der Waals surface area contributed by atoms with Gasteiger partial charge in [-0.05, 0) is 25.1 Å². The number of rotatable bonds is 6. The Labute approximate surface area is 111 Å². The SMILES string of the molecule is COc1ccc(OC)c(C(C)NCc2ncon2)c1. The molecule has 2 rings (SSSR count). The lowest BCUT2D eigenvalue weighted by Crippen LogP contribution is -2.19. The van der Waals surface area contributed by atoms with E-state index in [2.05, 4.69) is 20.0 Å². The minimum Gasteiger partial charge on any atom is -0.497 e. The van der Waals surface area contributed by atoms with Crippen LogP contribution in [0, 0.1) is 0 Å². The van der Waals surface area contributed by atoms with E-state index in [1.807, 2.05) is 25.1 Å². The third-order valence-electron chi connectivity index (χ3n) is 2.88. The standard InChI is InChI=1S/C13H17N3O3/c1-9(14-7-13-15-8-19-16-13)11-6-10(17-2)4-5-12(11)18-3/h4-6,8-9,14H,7H2,1-3H3. The summed E-state index contributed by atoms with van der Waals surface area (Å²) in [6.07, 6.45) is 1.31. The summed E-state index contributed by atoms with van der Waals surface area (Å²) in [5.41, 5.74) is 1.02. The monoisotopic (exact) mass is 263 g/mol. The summed E-state index contributed by atoms with van der Waals surface area (Å²) in [7, 11) is 3.29. The Morgan fingerprint density at radius 1 is 1.32 bits per heavy atom. The average molecular weight is 263 g/mol. The molecule has 1 unspecified atom stereocenters. The van der Waals surface area contributed by atoms with Crippen LogP contribution in [0.2, 0.25) is 0 Å². The maximum atomic E-state index is 5.36. The van der Waals surface area contributed by atoms with Crippen LogP contribution in [0.15, 0.2) is 29.1 Å². The molecule has 0 aliphatic carbocycles. The van der Waals surface area contributed by atoms with Crippen LogP contribution < -0.4 is 14.8 Å². The van der Waals surface area contributed by atoms with E-state index in [4.69, 9.17) is 9.47 Å². The summed E-state index contributed by atoms with van der Waals surface area (Å²) in [6.45, 7) is 2.56. The molecule has 6 heteroatoms. The van der Waals surface area contributed by atoms with Gasteiger partial charge in [-0.15, -0.1) is 0 Å². The van der Waals surface area contributed by atoms with Gasteiger partial charge in [-0.1, -0.05) is 5.16 Å². The van der Waals surface area contributed by atoms with Gasteiger partial charge in [0.15, 0.2) is 5.82 Å². The predicted molar refractivity (Wildman–Crippen MR) is 69.1 cm³/mol. The maximum absolute atomic E-state index is 5.36. The van der Waals surface area contributed by atoms with E-state index in [9.17, 15) is 0 Å². The van der Waals surface area contributed by atoms with Crippen molar-refractivity contribution in [2.24, 2.45) is 0 Å². The summed E-state index contributed by atoms with van der Waals surface area (Å²) < 4.78 is 15.3. The van der Waals surface area contributed by atoms with Crippen molar-refractivity contribution >= 4 is 0 Å². The molecule has 0 amide bonds. The predicted octanol–water partition coefficient (Wildman–Crippen LogP) is 1.94. The van der Waals surface area contributed by atoms with Crippen molar-refractivity contribution in [3.05, 3.63) is 36.0 Å². The van der Waals surface area contributed by atoms with Crippen LogP contribution in [0.5, 0.6) is 11.5 Å². The fraction of sp³-hybridized carbons (Fsp3) is 0.385. The zero-order chi connectivity index (χ0) is 13.7. The van der Waals surface area contributed by atoms with Crippen LogP contribution >= 0.6 is 0 Å². The maximum Gasteiger partial charge on any atom is 0.213 e. The second kappa shape index (κ2) is 6.19. The number of hydrogen-bond donors (Lipinski definition) is 1. The number of methoxy groups -OCH3 is 2. The first kappa shape index (κ1) is 13.4. The Balaban J connectivity index is 2.10. The molecule has 0 fully saturated rings. The highest BCUT2D eigenvalue weighted by Gasteiger charge is 2.13. The summed E-state index contributed by atoms with van der Waals surface area (Å²) >= 11 is 0. The first-order valence-electron chi connectivity index (χ1n) is 5.95. The lowest BCUT2D eigenvalue weighted by molar-refractivity contribution is 0.388. The largest absolute Gasteiger partial charge is 0.497 e. The molecule has 0 radical (unpaired) electrons. The molecule has 2 aromatic rings. The Morgan fingerprint density at radius 2 is 2.16 bits per heavy atom. The Bertz CT molecular complexity index is 514. The van der Waals surface area contributed by atoms with Crippen LogP contribution in [0.4, 0.5) is 0 Å². The van der Waals surface area contributed by atoms with E-state index in [-0.39, 0.29) is 6.04 Å². The average Bonchev–Trinajstić information content (AvgIpc) is 2.97. The van der Waals surface area contributed by atoms with E-state index < -0.39 is 0 Å². The molecule has 102 valence electrons. The van der Waals surface area contributed by atoms with E-state index in [0.717, 1.165) is 17.1 Å². The lowest BCUT2D eigenvalue weighted by Gasteiger charge is -2.17. The van der Waals surface area contributed by atoms with E-state index in [0.29, 0.717) is 12.4 Å². The molecule has 1 aromatic carbocycles. The molecule has 19 heavy (non-hydrogen) atoms. The topological polar surface area (TPSA) is 69.4 Å². The third kappa shape index (κ3) is 3.23. The van der Waals surface area contributed by atoms with E-state index >= 15 is 0 Å². The highest BCUT2D eigenvalue weighted by atomic mass is 16.5. The first-order chi connectivity index (χ1) is 9.24. The molecule has 1 N–H and O–H groups in total. The molecule has 0 spiro atoms. The van der Waals surface area contributed by atoms with E-state index in [1.54, 1.807) is 14.2 Å². The second-order valence-corrected chi connectivity index (χ2v) is 4.06.